The van der Waals surface area contributed by atoms with Crippen molar-refractivity contribution in [2.45, 2.75) is 26.8 Å². The molecule has 0 aliphatic carbocycles. The Labute approximate surface area is 117 Å². The first-order valence-electron chi connectivity index (χ1n) is 6.14. The summed E-state index contributed by atoms with van der Waals surface area (Å²) in [6.07, 6.45) is 0. The van der Waals surface area contributed by atoms with Crippen molar-refractivity contribution in [2.75, 3.05) is 11.1 Å². The van der Waals surface area contributed by atoms with Crippen molar-refractivity contribution in [1.82, 2.24) is 0 Å². The number of hydrogen-bond acceptors (Lipinski definition) is 4. The van der Waals surface area contributed by atoms with Gasteiger partial charge >= 0.3 is 0 Å². The lowest BCUT2D eigenvalue weighted by molar-refractivity contribution is 0.882. The fourth-order valence-corrected chi connectivity index (χ4v) is 3.17. The summed E-state index contributed by atoms with van der Waals surface area (Å²) < 4.78 is 0. The average molecular weight is 271 g/mol. The molecule has 1 aromatic carbocycles. The zero-order chi connectivity index (χ0) is 14.0. The maximum Gasteiger partial charge on any atom is 0.101 e. The lowest BCUT2D eigenvalue weighted by Gasteiger charge is -2.16. The number of hydrogen-bond donors (Lipinski definition) is 2. The first-order valence-corrected chi connectivity index (χ1v) is 6.96. The number of benzene rings is 1. The molecule has 1 atom stereocenters. The maximum atomic E-state index is 8.99. The fourth-order valence-electron chi connectivity index (χ4n) is 2.15. The third-order valence-electron chi connectivity index (χ3n) is 3.10. The molecular formula is C15H17N3S. The topological polar surface area (TPSA) is 61.8 Å². The highest BCUT2D eigenvalue weighted by molar-refractivity contribution is 7.12. The largest absolute Gasteiger partial charge is 0.398 e. The third kappa shape index (κ3) is 2.88. The molecule has 4 heteroatoms. The average Bonchev–Trinajstić information content (AvgIpc) is 2.71. The minimum Gasteiger partial charge on any atom is -0.398 e. The first-order chi connectivity index (χ1) is 9.01. The van der Waals surface area contributed by atoms with E-state index in [9.17, 15) is 0 Å². The van der Waals surface area contributed by atoms with E-state index in [1.54, 1.807) is 23.5 Å². The number of nitriles is 1. The van der Waals surface area contributed by atoms with Crippen LogP contribution < -0.4 is 11.1 Å². The number of rotatable bonds is 3. The summed E-state index contributed by atoms with van der Waals surface area (Å²) >= 11 is 1.81. The van der Waals surface area contributed by atoms with Crippen LogP contribution in [0.3, 0.4) is 0 Å². The zero-order valence-electron chi connectivity index (χ0n) is 11.3. The van der Waals surface area contributed by atoms with Gasteiger partial charge in [0.2, 0.25) is 0 Å². The Kier molecular flexibility index (Phi) is 3.77. The zero-order valence-corrected chi connectivity index (χ0v) is 12.1. The third-order valence-corrected chi connectivity index (χ3v) is 4.08. The Morgan fingerprint density at radius 2 is 2.05 bits per heavy atom. The molecule has 1 unspecified atom stereocenters. The summed E-state index contributed by atoms with van der Waals surface area (Å²) in [6, 6.07) is 9.98. The van der Waals surface area contributed by atoms with Crippen molar-refractivity contribution in [3.63, 3.8) is 0 Å². The lowest BCUT2D eigenvalue weighted by Crippen LogP contribution is -2.07. The van der Waals surface area contributed by atoms with Crippen molar-refractivity contribution in [1.29, 1.82) is 5.26 Å². The molecule has 0 saturated heterocycles. The SMILES string of the molecule is Cc1cc(C(C)Nc2ccc(N)c(C#N)c2)c(C)s1. The number of aryl methyl sites for hydroxylation is 2. The van der Waals surface area contributed by atoms with Crippen molar-refractivity contribution in [2.24, 2.45) is 0 Å². The molecule has 0 aliphatic heterocycles. The predicted octanol–water partition coefficient (Wildman–Crippen LogP) is 3.99. The molecule has 1 heterocycles. The minimum absolute atomic E-state index is 0.208. The van der Waals surface area contributed by atoms with Gasteiger partial charge in [0.25, 0.3) is 0 Å². The van der Waals surface area contributed by atoms with E-state index in [1.165, 1.54) is 15.3 Å². The monoisotopic (exact) mass is 271 g/mol. The molecule has 2 aromatic rings. The molecule has 3 nitrogen and oxygen atoms in total. The Morgan fingerprint density at radius 3 is 2.63 bits per heavy atom. The van der Waals surface area contributed by atoms with E-state index >= 15 is 0 Å². The minimum atomic E-state index is 0.208. The van der Waals surface area contributed by atoms with Gasteiger partial charge in [-0.3, -0.25) is 0 Å². The smallest absolute Gasteiger partial charge is 0.101 e. The van der Waals surface area contributed by atoms with Gasteiger partial charge < -0.3 is 11.1 Å². The van der Waals surface area contributed by atoms with Crippen molar-refractivity contribution < 1.29 is 0 Å². The van der Waals surface area contributed by atoms with Crippen LogP contribution in [-0.2, 0) is 0 Å². The fraction of sp³-hybridized carbons (Fsp3) is 0.267. The number of anilines is 2. The molecule has 0 spiro atoms. The second kappa shape index (κ2) is 5.33. The van der Waals surface area contributed by atoms with Crippen molar-refractivity contribution in [3.05, 3.63) is 45.1 Å². The van der Waals surface area contributed by atoms with E-state index in [0.717, 1.165) is 5.69 Å². The number of nitrogens with one attached hydrogen (secondary N) is 1. The van der Waals surface area contributed by atoms with E-state index in [-0.39, 0.29) is 6.04 Å². The van der Waals surface area contributed by atoms with Crippen LogP contribution in [0.25, 0.3) is 0 Å². The Hall–Kier alpha value is -1.99. The van der Waals surface area contributed by atoms with E-state index in [2.05, 4.69) is 38.2 Å². The summed E-state index contributed by atoms with van der Waals surface area (Å²) in [5.41, 5.74) is 8.97. The van der Waals surface area contributed by atoms with Gasteiger partial charge in [0, 0.05) is 27.2 Å². The standard InChI is InChI=1S/C15H17N3S/c1-9-6-14(11(3)19-9)10(2)18-13-4-5-15(17)12(7-13)8-16/h4-7,10,18H,17H2,1-3H3. The molecule has 2 rings (SSSR count). The number of thiophene rings is 1. The normalized spacial score (nSPS) is 11.9. The number of nitrogen functional groups attached to an aromatic ring is 1. The maximum absolute atomic E-state index is 8.99. The van der Waals surface area contributed by atoms with Crippen LogP contribution in [0.2, 0.25) is 0 Å². The van der Waals surface area contributed by atoms with Crippen LogP contribution >= 0.6 is 11.3 Å². The highest BCUT2D eigenvalue weighted by atomic mass is 32.1. The van der Waals surface area contributed by atoms with Crippen molar-refractivity contribution in [3.8, 4) is 6.07 Å². The molecule has 19 heavy (non-hydrogen) atoms. The van der Waals surface area contributed by atoms with Gasteiger partial charge in [0.15, 0.2) is 0 Å². The second-order valence-corrected chi connectivity index (χ2v) is 6.11. The van der Waals surface area contributed by atoms with Gasteiger partial charge in [0.1, 0.15) is 6.07 Å². The molecule has 0 saturated carbocycles. The van der Waals surface area contributed by atoms with Crippen LogP contribution in [0.4, 0.5) is 11.4 Å². The van der Waals surface area contributed by atoms with Crippen LogP contribution in [0.5, 0.6) is 0 Å². The second-order valence-electron chi connectivity index (χ2n) is 4.65. The summed E-state index contributed by atoms with van der Waals surface area (Å²) in [5.74, 6) is 0. The van der Waals surface area contributed by atoms with E-state index in [1.807, 2.05) is 6.07 Å². The van der Waals surface area contributed by atoms with Crippen LogP contribution in [-0.4, -0.2) is 0 Å². The molecule has 0 aliphatic rings. The molecule has 0 radical (unpaired) electrons. The molecule has 1 aromatic heterocycles. The van der Waals surface area contributed by atoms with Gasteiger partial charge in [-0.15, -0.1) is 11.3 Å². The van der Waals surface area contributed by atoms with Gasteiger partial charge in [-0.25, -0.2) is 0 Å². The highest BCUT2D eigenvalue weighted by Crippen LogP contribution is 2.29. The Bertz CT molecular complexity index is 637. The molecule has 0 amide bonds. The van der Waals surface area contributed by atoms with Gasteiger partial charge in [-0.1, -0.05) is 0 Å². The van der Waals surface area contributed by atoms with Gasteiger partial charge in [-0.05, 0) is 50.6 Å². The molecule has 0 fully saturated rings. The van der Waals surface area contributed by atoms with Crippen LogP contribution in [0.1, 0.15) is 33.8 Å². The summed E-state index contributed by atoms with van der Waals surface area (Å²) in [7, 11) is 0. The lowest BCUT2D eigenvalue weighted by atomic mass is 10.1. The Morgan fingerprint density at radius 1 is 1.32 bits per heavy atom. The molecule has 98 valence electrons. The number of nitrogens with zero attached hydrogens (tertiary/aromatic N) is 1. The summed E-state index contributed by atoms with van der Waals surface area (Å²) in [4.78, 5) is 2.64. The van der Waals surface area contributed by atoms with E-state index in [0.29, 0.717) is 11.3 Å². The first kappa shape index (κ1) is 13.4. The molecular weight excluding hydrogens is 254 g/mol. The summed E-state index contributed by atoms with van der Waals surface area (Å²) in [6.45, 7) is 6.37. The summed E-state index contributed by atoms with van der Waals surface area (Å²) in [5, 5.41) is 12.4. The van der Waals surface area contributed by atoms with Crippen LogP contribution in [0.15, 0.2) is 24.3 Å². The van der Waals surface area contributed by atoms with Gasteiger partial charge in [0.05, 0.1) is 5.56 Å². The predicted molar refractivity (Wildman–Crippen MR) is 81.4 cm³/mol. The quantitative estimate of drug-likeness (QED) is 0.830. The molecule has 3 N–H and O–H groups in total. The van der Waals surface area contributed by atoms with Crippen molar-refractivity contribution >= 4 is 22.7 Å². The van der Waals surface area contributed by atoms with Gasteiger partial charge in [-0.2, -0.15) is 5.26 Å². The van der Waals surface area contributed by atoms with E-state index < -0.39 is 0 Å². The van der Waals surface area contributed by atoms with E-state index in [4.69, 9.17) is 11.0 Å². The number of nitrogens with two attached hydrogens (primary N) is 1. The molecule has 0 bridgehead atoms. The van der Waals surface area contributed by atoms with Crippen LogP contribution in [0, 0.1) is 25.2 Å². The highest BCUT2D eigenvalue weighted by Gasteiger charge is 2.11. The Balaban J connectivity index is 2.22.